The molecule has 0 aliphatic carbocycles. The molecule has 0 spiro atoms. The Labute approximate surface area is 194 Å². The summed E-state index contributed by atoms with van der Waals surface area (Å²) < 4.78 is 44.3. The number of cyclic esters (lactones) is 1. The number of esters is 2. The number of hydroxylamine groups is 2. The molecule has 0 saturated carbocycles. The number of carbonyl (C=O) groups is 4. The van der Waals surface area contributed by atoms with Gasteiger partial charge in [-0.25, -0.2) is 18.6 Å². The SMILES string of the molecule is COC(=O)CC[C@H]1CN(c2cc(F)c(N3CCON(C(=O)COC(C)=O)CC3)c(F)c2)C(=O)O1. The van der Waals surface area contributed by atoms with Crippen molar-refractivity contribution in [2.24, 2.45) is 0 Å². The normalized spacial score (nSPS) is 18.4. The molecule has 0 radical (unpaired) electrons. The molecular weight excluding hydrogens is 460 g/mol. The van der Waals surface area contributed by atoms with Crippen LogP contribution in [0.25, 0.3) is 0 Å². The van der Waals surface area contributed by atoms with Crippen LogP contribution < -0.4 is 9.80 Å². The Morgan fingerprint density at radius 3 is 2.50 bits per heavy atom. The second kappa shape index (κ2) is 11.1. The fourth-order valence-electron chi connectivity index (χ4n) is 3.58. The number of hydrogen-bond donors (Lipinski definition) is 0. The summed E-state index contributed by atoms with van der Waals surface area (Å²) in [5.41, 5.74) is -0.343. The number of benzene rings is 1. The van der Waals surface area contributed by atoms with E-state index in [1.807, 2.05) is 0 Å². The number of anilines is 2. The van der Waals surface area contributed by atoms with Crippen molar-refractivity contribution >= 4 is 35.3 Å². The first-order chi connectivity index (χ1) is 16.2. The zero-order chi connectivity index (χ0) is 24.8. The number of ether oxygens (including phenoxy) is 3. The maximum atomic E-state index is 15.0. The highest BCUT2D eigenvalue weighted by Crippen LogP contribution is 2.32. The van der Waals surface area contributed by atoms with E-state index in [2.05, 4.69) is 9.47 Å². The molecule has 1 atom stereocenters. The summed E-state index contributed by atoms with van der Waals surface area (Å²) in [6.45, 7) is 0.794. The summed E-state index contributed by atoms with van der Waals surface area (Å²) in [5.74, 6) is -3.47. The number of amides is 2. The molecule has 0 N–H and O–H groups in total. The number of carbonyl (C=O) groups excluding carboxylic acids is 4. The minimum atomic E-state index is -0.902. The Hall–Kier alpha value is -3.48. The van der Waals surface area contributed by atoms with E-state index in [4.69, 9.17) is 9.57 Å². The van der Waals surface area contributed by atoms with Gasteiger partial charge in [-0.1, -0.05) is 0 Å². The molecule has 0 bridgehead atoms. The molecule has 11 nitrogen and oxygen atoms in total. The predicted molar refractivity (Wildman–Crippen MR) is 112 cm³/mol. The van der Waals surface area contributed by atoms with Gasteiger partial charge >= 0.3 is 18.0 Å². The third kappa shape index (κ3) is 6.10. The van der Waals surface area contributed by atoms with E-state index in [-0.39, 0.29) is 57.0 Å². The average Bonchev–Trinajstić information content (AvgIpc) is 3.00. The first-order valence-electron chi connectivity index (χ1n) is 10.5. The summed E-state index contributed by atoms with van der Waals surface area (Å²) in [4.78, 5) is 54.2. The number of rotatable bonds is 7. The monoisotopic (exact) mass is 485 g/mol. The third-order valence-electron chi connectivity index (χ3n) is 5.26. The van der Waals surface area contributed by atoms with E-state index in [9.17, 15) is 28.0 Å². The van der Waals surface area contributed by atoms with Crippen molar-refractivity contribution < 1.29 is 47.0 Å². The Balaban J connectivity index is 1.66. The van der Waals surface area contributed by atoms with E-state index in [0.29, 0.717) is 0 Å². The van der Waals surface area contributed by atoms with Crippen molar-refractivity contribution in [1.82, 2.24) is 5.06 Å². The molecule has 2 fully saturated rings. The van der Waals surface area contributed by atoms with E-state index >= 15 is 0 Å². The van der Waals surface area contributed by atoms with Crippen molar-refractivity contribution in [3.8, 4) is 0 Å². The highest BCUT2D eigenvalue weighted by atomic mass is 19.1. The zero-order valence-corrected chi connectivity index (χ0v) is 18.8. The van der Waals surface area contributed by atoms with Crippen molar-refractivity contribution in [3.63, 3.8) is 0 Å². The van der Waals surface area contributed by atoms with Gasteiger partial charge in [0.05, 0.1) is 32.5 Å². The molecule has 2 saturated heterocycles. The van der Waals surface area contributed by atoms with Crippen molar-refractivity contribution in [3.05, 3.63) is 23.8 Å². The second-order valence-electron chi connectivity index (χ2n) is 7.59. The summed E-state index contributed by atoms with van der Waals surface area (Å²) >= 11 is 0. The first-order valence-corrected chi connectivity index (χ1v) is 10.5. The summed E-state index contributed by atoms with van der Waals surface area (Å²) in [6, 6.07) is 2.05. The van der Waals surface area contributed by atoms with Gasteiger partial charge in [0.25, 0.3) is 5.91 Å². The molecule has 13 heteroatoms. The van der Waals surface area contributed by atoms with Crippen LogP contribution in [0.5, 0.6) is 0 Å². The fraction of sp³-hybridized carbons (Fsp3) is 0.524. The summed E-state index contributed by atoms with van der Waals surface area (Å²) in [7, 11) is 1.25. The Morgan fingerprint density at radius 2 is 1.85 bits per heavy atom. The van der Waals surface area contributed by atoms with Gasteiger partial charge in [0.2, 0.25) is 0 Å². The van der Waals surface area contributed by atoms with Crippen LogP contribution in [0.1, 0.15) is 19.8 Å². The van der Waals surface area contributed by atoms with Gasteiger partial charge in [0.15, 0.2) is 18.2 Å². The van der Waals surface area contributed by atoms with Gasteiger partial charge in [-0.2, -0.15) is 0 Å². The zero-order valence-electron chi connectivity index (χ0n) is 18.8. The molecule has 2 aliphatic rings. The fourth-order valence-corrected chi connectivity index (χ4v) is 3.58. The Morgan fingerprint density at radius 1 is 1.15 bits per heavy atom. The number of hydrogen-bond acceptors (Lipinski definition) is 9. The summed E-state index contributed by atoms with van der Waals surface area (Å²) in [6.07, 6.45) is -1.12. The lowest BCUT2D eigenvalue weighted by Crippen LogP contribution is -2.37. The lowest BCUT2D eigenvalue weighted by Gasteiger charge is -2.24. The number of nitrogens with zero attached hydrogens (tertiary/aromatic N) is 3. The standard InChI is InChI=1S/C21H25F2N3O8/c1-13(27)32-12-18(28)26-6-5-24(7-8-33-26)20-16(22)9-14(10-17(20)23)25-11-15(34-21(25)30)3-4-19(29)31-2/h9-10,15H,3-8,11-12H2,1-2H3/t15-/m0/s1. The Kier molecular flexibility index (Phi) is 8.21. The van der Waals surface area contributed by atoms with Crippen LogP contribution in [0.4, 0.5) is 25.0 Å². The quantitative estimate of drug-likeness (QED) is 0.417. The molecule has 1 aromatic carbocycles. The van der Waals surface area contributed by atoms with E-state index < -0.39 is 48.3 Å². The van der Waals surface area contributed by atoms with Crippen LogP contribution >= 0.6 is 0 Å². The first kappa shape index (κ1) is 25.1. The molecular formula is C21H25F2N3O8. The van der Waals surface area contributed by atoms with Crippen molar-refractivity contribution in [1.29, 1.82) is 0 Å². The molecule has 186 valence electrons. The van der Waals surface area contributed by atoms with E-state index in [0.717, 1.165) is 29.0 Å². The second-order valence-corrected chi connectivity index (χ2v) is 7.59. The Bertz CT molecular complexity index is 937. The molecule has 34 heavy (non-hydrogen) atoms. The smallest absolute Gasteiger partial charge is 0.414 e. The van der Waals surface area contributed by atoms with Gasteiger partial charge in [0.1, 0.15) is 11.8 Å². The van der Waals surface area contributed by atoms with Crippen molar-refractivity contribution in [2.45, 2.75) is 25.9 Å². The molecule has 1 aromatic rings. The highest BCUT2D eigenvalue weighted by Gasteiger charge is 2.34. The van der Waals surface area contributed by atoms with E-state index in [1.54, 1.807) is 0 Å². The third-order valence-corrected chi connectivity index (χ3v) is 5.26. The summed E-state index contributed by atoms with van der Waals surface area (Å²) in [5, 5.41) is 0.988. The minimum Gasteiger partial charge on any atom is -0.469 e. The molecule has 3 rings (SSSR count). The average molecular weight is 485 g/mol. The van der Waals surface area contributed by atoms with Gasteiger partial charge in [0, 0.05) is 38.6 Å². The minimum absolute atomic E-state index is 0.0128. The molecule has 0 aromatic heterocycles. The lowest BCUT2D eigenvalue weighted by atomic mass is 10.1. The maximum Gasteiger partial charge on any atom is 0.414 e. The maximum absolute atomic E-state index is 15.0. The number of halogens is 2. The topological polar surface area (TPSA) is 115 Å². The van der Waals surface area contributed by atoms with Gasteiger partial charge < -0.3 is 19.1 Å². The number of methoxy groups -OCH3 is 1. The van der Waals surface area contributed by atoms with Crippen LogP contribution in [0, 0.1) is 11.6 Å². The predicted octanol–water partition coefficient (Wildman–Crippen LogP) is 1.39. The molecule has 2 heterocycles. The lowest BCUT2D eigenvalue weighted by molar-refractivity contribution is -0.187. The van der Waals surface area contributed by atoms with Crippen LogP contribution in [-0.4, -0.2) is 81.6 Å². The highest BCUT2D eigenvalue weighted by molar-refractivity contribution is 5.90. The van der Waals surface area contributed by atoms with E-state index in [1.165, 1.54) is 12.0 Å². The molecule has 0 unspecified atom stereocenters. The van der Waals surface area contributed by atoms with Crippen LogP contribution in [0.3, 0.4) is 0 Å². The largest absolute Gasteiger partial charge is 0.469 e. The van der Waals surface area contributed by atoms with Crippen LogP contribution in [-0.2, 0) is 33.4 Å². The van der Waals surface area contributed by atoms with Crippen LogP contribution in [0.15, 0.2) is 12.1 Å². The van der Waals surface area contributed by atoms with Gasteiger partial charge in [-0.15, -0.1) is 0 Å². The molecule has 2 aliphatic heterocycles. The van der Waals surface area contributed by atoms with Gasteiger partial charge in [-0.05, 0) is 6.42 Å². The van der Waals surface area contributed by atoms with Crippen LogP contribution in [0.2, 0.25) is 0 Å². The van der Waals surface area contributed by atoms with Crippen molar-refractivity contribution in [2.75, 3.05) is 56.3 Å². The molecule has 2 amide bonds. The van der Waals surface area contributed by atoms with Gasteiger partial charge in [-0.3, -0.25) is 24.1 Å².